The van der Waals surface area contributed by atoms with Crippen molar-refractivity contribution in [3.63, 3.8) is 0 Å². The van der Waals surface area contributed by atoms with Gasteiger partial charge in [0.25, 0.3) is 0 Å². The molecule has 0 spiro atoms. The lowest BCUT2D eigenvalue weighted by Crippen LogP contribution is -2.12. The summed E-state index contributed by atoms with van der Waals surface area (Å²) < 4.78 is 12.8. The van der Waals surface area contributed by atoms with Gasteiger partial charge in [0.2, 0.25) is 0 Å². The van der Waals surface area contributed by atoms with Crippen LogP contribution in [-0.2, 0) is 16.1 Å². The Morgan fingerprint density at radius 1 is 1.19 bits per heavy atom. The number of aliphatic hydroxyl groups is 1. The van der Waals surface area contributed by atoms with E-state index in [1.54, 1.807) is 19.1 Å². The van der Waals surface area contributed by atoms with E-state index >= 15 is 0 Å². The van der Waals surface area contributed by atoms with E-state index in [4.69, 9.17) is 9.47 Å². The second-order valence-electron chi connectivity index (χ2n) is 7.68. The summed E-state index contributed by atoms with van der Waals surface area (Å²) in [7, 11) is 0. The molecule has 6 nitrogen and oxygen atoms in total. The van der Waals surface area contributed by atoms with Crippen LogP contribution in [0.4, 0.5) is 5.69 Å². The monoisotopic (exact) mass is 686 g/mol. The molecule has 3 aromatic rings. The van der Waals surface area contributed by atoms with Gasteiger partial charge in [0.1, 0.15) is 28.7 Å². The summed E-state index contributed by atoms with van der Waals surface area (Å²) >= 11 is 6.97. The lowest BCUT2D eigenvalue weighted by atomic mass is 10.1. The Morgan fingerprint density at radius 3 is 2.62 bits per heavy atom. The first-order valence-electron chi connectivity index (χ1n) is 11.2. The van der Waals surface area contributed by atoms with Crippen molar-refractivity contribution in [3.8, 4) is 11.8 Å². The molecule has 1 aliphatic rings. The number of rotatable bonds is 7. The fourth-order valence-corrected chi connectivity index (χ4v) is 6.27. The molecule has 0 saturated carbocycles. The van der Waals surface area contributed by atoms with E-state index < -0.39 is 5.97 Å². The Morgan fingerprint density at radius 2 is 1.92 bits per heavy atom. The number of ether oxygens (including phenoxy) is 2. The largest absolute Gasteiger partial charge is 0.506 e. The van der Waals surface area contributed by atoms with E-state index in [0.29, 0.717) is 26.9 Å². The number of carbonyl (C=O) groups excluding carboxylic acids is 1. The highest BCUT2D eigenvalue weighted by Crippen LogP contribution is 2.41. The molecule has 0 fully saturated rings. The predicted molar refractivity (Wildman–Crippen MR) is 158 cm³/mol. The molecule has 0 radical (unpaired) electrons. The maximum Gasteiger partial charge on any atom is 0.344 e. The minimum absolute atomic E-state index is 0.0480. The zero-order chi connectivity index (χ0) is 26.4. The van der Waals surface area contributed by atoms with Crippen LogP contribution in [0.1, 0.15) is 23.6 Å². The molecule has 1 heterocycles. The van der Waals surface area contributed by atoms with Gasteiger partial charge >= 0.3 is 5.97 Å². The Labute approximate surface area is 241 Å². The number of nitrogens with zero attached hydrogens (tertiary/aromatic N) is 2. The molecule has 0 amide bonds. The minimum Gasteiger partial charge on any atom is -0.506 e. The van der Waals surface area contributed by atoms with Crippen LogP contribution in [0, 0.1) is 14.9 Å². The van der Waals surface area contributed by atoms with E-state index in [9.17, 15) is 15.2 Å². The number of hydrogen-bond acceptors (Lipinski definition) is 7. The predicted octanol–water partition coefficient (Wildman–Crippen LogP) is 7.70. The number of thioether (sulfide) groups is 1. The van der Waals surface area contributed by atoms with Crippen molar-refractivity contribution in [2.75, 3.05) is 6.61 Å². The molecule has 0 saturated heterocycles. The Hall–Kier alpha value is -3.07. The summed E-state index contributed by atoms with van der Waals surface area (Å²) in [4.78, 5) is 17.7. The van der Waals surface area contributed by atoms with Crippen LogP contribution in [0.2, 0.25) is 0 Å². The van der Waals surface area contributed by atoms with Crippen LogP contribution in [0.3, 0.4) is 0 Å². The third kappa shape index (κ3) is 6.44. The lowest BCUT2D eigenvalue weighted by molar-refractivity contribution is -0.138. The molecule has 0 aromatic heterocycles. The van der Waals surface area contributed by atoms with Crippen molar-refractivity contribution < 1.29 is 19.4 Å². The Balaban J connectivity index is 1.63. The molecule has 4 rings (SSSR count). The zero-order valence-electron chi connectivity index (χ0n) is 19.6. The Bertz CT molecular complexity index is 1460. The summed E-state index contributed by atoms with van der Waals surface area (Å²) in [5, 5.41) is 20.6. The zero-order valence-corrected chi connectivity index (χ0v) is 24.1. The van der Waals surface area contributed by atoms with E-state index in [-0.39, 0.29) is 24.5 Å². The third-order valence-corrected chi connectivity index (χ3v) is 7.60. The highest BCUT2D eigenvalue weighted by molar-refractivity contribution is 14.1. The van der Waals surface area contributed by atoms with Crippen LogP contribution in [0.15, 0.2) is 92.4 Å². The van der Waals surface area contributed by atoms with Crippen LogP contribution in [0.5, 0.6) is 5.75 Å². The van der Waals surface area contributed by atoms with Gasteiger partial charge in [-0.1, -0.05) is 48.2 Å². The van der Waals surface area contributed by atoms with Gasteiger partial charge in [-0.25, -0.2) is 9.79 Å². The van der Waals surface area contributed by atoms with Crippen LogP contribution >= 0.6 is 50.3 Å². The van der Waals surface area contributed by atoms with E-state index in [2.05, 4.69) is 49.6 Å². The van der Waals surface area contributed by atoms with Gasteiger partial charge in [0.05, 0.1) is 36.9 Å². The highest BCUT2D eigenvalue weighted by Gasteiger charge is 2.33. The van der Waals surface area contributed by atoms with Crippen molar-refractivity contribution in [1.29, 1.82) is 5.26 Å². The molecule has 0 atom stereocenters. The van der Waals surface area contributed by atoms with E-state index in [0.717, 1.165) is 19.2 Å². The number of para-hydroxylation sites is 1. The van der Waals surface area contributed by atoms with Crippen molar-refractivity contribution in [2.45, 2.75) is 13.5 Å². The number of hydrogen-bond donors (Lipinski definition) is 1. The van der Waals surface area contributed by atoms with Crippen molar-refractivity contribution in [3.05, 3.63) is 108 Å². The smallest absolute Gasteiger partial charge is 0.344 e. The van der Waals surface area contributed by atoms with Gasteiger partial charge in [0, 0.05) is 5.56 Å². The quantitative estimate of drug-likeness (QED) is 0.202. The van der Waals surface area contributed by atoms with Gasteiger partial charge in [0.15, 0.2) is 0 Å². The number of halogens is 2. The van der Waals surface area contributed by atoms with Gasteiger partial charge in [-0.05, 0) is 87.4 Å². The average Bonchev–Trinajstić information content (AvgIpc) is 3.18. The molecule has 0 unspecified atom stereocenters. The van der Waals surface area contributed by atoms with E-state index in [1.165, 1.54) is 11.8 Å². The van der Waals surface area contributed by atoms with Crippen LogP contribution in [-0.4, -0.2) is 22.7 Å². The molecule has 0 aliphatic carbocycles. The molecular weight excluding hydrogens is 667 g/mol. The van der Waals surface area contributed by atoms with Gasteiger partial charge in [-0.15, -0.1) is 0 Å². The molecule has 1 N–H and O–H groups in total. The van der Waals surface area contributed by atoms with Crippen LogP contribution < -0.4 is 4.74 Å². The normalized spacial score (nSPS) is 15.2. The second kappa shape index (κ2) is 12.4. The molecular formula is C28H20BrIN2O4S. The number of carbonyl (C=O) groups is 1. The van der Waals surface area contributed by atoms with Gasteiger partial charge in [-0.3, -0.25) is 0 Å². The molecule has 186 valence electrons. The first-order chi connectivity index (χ1) is 17.9. The first kappa shape index (κ1) is 27.0. The summed E-state index contributed by atoms with van der Waals surface area (Å²) in [6.45, 7) is 2.15. The number of nitriles is 1. The minimum atomic E-state index is -0.622. The third-order valence-electron chi connectivity index (χ3n) is 5.19. The maximum atomic E-state index is 12.6. The topological polar surface area (TPSA) is 91.9 Å². The summed E-state index contributed by atoms with van der Waals surface area (Å²) in [6.07, 6.45) is 1.79. The Kier molecular flexibility index (Phi) is 9.08. The first-order valence-corrected chi connectivity index (χ1v) is 13.8. The number of aliphatic hydroxyl groups excluding tert-OH is 1. The number of esters is 1. The van der Waals surface area contributed by atoms with Crippen molar-refractivity contribution in [2.24, 2.45) is 4.99 Å². The highest BCUT2D eigenvalue weighted by atomic mass is 127. The summed E-state index contributed by atoms with van der Waals surface area (Å²) in [5.41, 5.74) is 2.87. The molecule has 3 aromatic carbocycles. The molecule has 9 heteroatoms. The number of benzene rings is 3. The average molecular weight is 687 g/mol. The second-order valence-corrected chi connectivity index (χ2v) is 10.7. The molecule has 37 heavy (non-hydrogen) atoms. The number of aliphatic imine (C=N–C) groups is 1. The van der Waals surface area contributed by atoms with Crippen molar-refractivity contribution >= 4 is 73.1 Å². The standard InChI is InChI=1S/C28H20BrIN2O4S/c1-2-35-28(34)24-25(33)23(37-27(24)32-20-10-4-3-5-11-20)14-17-12-21(29)26(22(30)13-17)36-16-19-9-7-6-8-18(19)15-31/h3-14,33H,2,16H2,1H3/b23-14-,32-27?. The molecule has 0 bridgehead atoms. The lowest BCUT2D eigenvalue weighted by Gasteiger charge is -2.12. The van der Waals surface area contributed by atoms with Crippen molar-refractivity contribution in [1.82, 2.24) is 0 Å². The fourth-order valence-electron chi connectivity index (χ4n) is 3.47. The summed E-state index contributed by atoms with van der Waals surface area (Å²) in [5.74, 6) is -0.145. The van der Waals surface area contributed by atoms with Crippen LogP contribution in [0.25, 0.3) is 6.08 Å². The fraction of sp³-hybridized carbons (Fsp3) is 0.107. The van der Waals surface area contributed by atoms with Gasteiger partial charge in [-0.2, -0.15) is 5.26 Å². The summed E-state index contributed by atoms with van der Waals surface area (Å²) in [6, 6.07) is 22.5. The maximum absolute atomic E-state index is 12.6. The van der Waals surface area contributed by atoms with Gasteiger partial charge < -0.3 is 14.6 Å². The molecule has 1 aliphatic heterocycles. The SMILES string of the molecule is CCOC(=O)C1=C(O)/C(=C/c2cc(Br)c(OCc3ccccc3C#N)c(I)c2)SC1=Nc1ccccc1. The van der Waals surface area contributed by atoms with E-state index in [1.807, 2.05) is 60.7 Å².